The lowest BCUT2D eigenvalue weighted by molar-refractivity contribution is 0.270. The molecule has 1 saturated heterocycles. The van der Waals surface area contributed by atoms with Gasteiger partial charge in [-0.15, -0.1) is 0 Å². The molecule has 1 aliphatic heterocycles. The molecule has 0 bridgehead atoms. The monoisotopic (exact) mass is 374 g/mol. The molecule has 0 atom stereocenters. The molecule has 3 rings (SSSR count). The molecule has 1 fully saturated rings. The molecule has 0 unspecified atom stereocenters. The van der Waals surface area contributed by atoms with Crippen LogP contribution in [0.1, 0.15) is 11.1 Å². The molecule has 2 aromatic carbocycles. The molecule has 2 aromatic rings. The van der Waals surface area contributed by atoms with Crippen LogP contribution >= 0.6 is 0 Å². The van der Waals surface area contributed by atoms with E-state index in [1.807, 2.05) is 6.07 Å². The number of benzene rings is 2. The Labute approximate surface area is 156 Å². The van der Waals surface area contributed by atoms with Gasteiger partial charge < -0.3 is 9.08 Å². The van der Waals surface area contributed by atoms with E-state index in [4.69, 9.17) is 4.18 Å². The standard InChI is InChI=1S/C20H26N2O3S/c1-17-7-6-10-20(18(17)2)22-13-11-21(12-14-22)15-16-26(23,24)25-19-8-4-3-5-9-19/h3-10H,11-16H2,1-2H3. The molecule has 0 aromatic heterocycles. The Morgan fingerprint density at radius 2 is 1.62 bits per heavy atom. The summed E-state index contributed by atoms with van der Waals surface area (Å²) in [5.74, 6) is 0.373. The zero-order chi connectivity index (χ0) is 18.6. The van der Waals surface area contributed by atoms with Gasteiger partial charge in [0.25, 0.3) is 0 Å². The van der Waals surface area contributed by atoms with Crippen molar-refractivity contribution in [2.24, 2.45) is 0 Å². The Balaban J connectivity index is 1.50. The van der Waals surface area contributed by atoms with Crippen molar-refractivity contribution in [1.82, 2.24) is 4.90 Å². The maximum absolute atomic E-state index is 12.2. The first kappa shape index (κ1) is 18.7. The van der Waals surface area contributed by atoms with Gasteiger partial charge in [0, 0.05) is 38.4 Å². The fraction of sp³-hybridized carbons (Fsp3) is 0.400. The number of rotatable bonds is 6. The van der Waals surface area contributed by atoms with Crippen LogP contribution < -0.4 is 9.08 Å². The van der Waals surface area contributed by atoms with Crippen molar-refractivity contribution in [3.63, 3.8) is 0 Å². The van der Waals surface area contributed by atoms with Crippen molar-refractivity contribution in [2.75, 3.05) is 43.4 Å². The Hall–Kier alpha value is -2.05. The van der Waals surface area contributed by atoms with Gasteiger partial charge in [0.15, 0.2) is 0 Å². The normalized spacial score (nSPS) is 15.8. The maximum atomic E-state index is 12.2. The first-order chi connectivity index (χ1) is 12.4. The van der Waals surface area contributed by atoms with Crippen LogP contribution in [-0.4, -0.2) is 51.8 Å². The van der Waals surface area contributed by atoms with Gasteiger partial charge in [-0.25, -0.2) is 0 Å². The second kappa shape index (κ2) is 8.10. The summed E-state index contributed by atoms with van der Waals surface area (Å²) in [5.41, 5.74) is 3.90. The zero-order valence-electron chi connectivity index (χ0n) is 15.4. The Kier molecular flexibility index (Phi) is 5.84. The summed E-state index contributed by atoms with van der Waals surface area (Å²) in [6.45, 7) is 8.31. The number of aryl methyl sites for hydroxylation is 1. The van der Waals surface area contributed by atoms with E-state index < -0.39 is 10.1 Å². The van der Waals surface area contributed by atoms with Crippen LogP contribution in [0.2, 0.25) is 0 Å². The largest absolute Gasteiger partial charge is 0.382 e. The number of anilines is 1. The minimum atomic E-state index is -3.57. The molecule has 0 aliphatic carbocycles. The molecule has 0 radical (unpaired) electrons. The molecule has 26 heavy (non-hydrogen) atoms. The highest BCUT2D eigenvalue weighted by molar-refractivity contribution is 7.87. The van der Waals surface area contributed by atoms with Gasteiger partial charge in [0.05, 0.1) is 5.75 Å². The lowest BCUT2D eigenvalue weighted by Gasteiger charge is -2.37. The molecule has 5 nitrogen and oxygen atoms in total. The van der Waals surface area contributed by atoms with Gasteiger partial charge >= 0.3 is 10.1 Å². The van der Waals surface area contributed by atoms with Crippen LogP contribution in [0.3, 0.4) is 0 Å². The number of hydrogen-bond donors (Lipinski definition) is 0. The average molecular weight is 375 g/mol. The average Bonchev–Trinajstić information content (AvgIpc) is 2.63. The van der Waals surface area contributed by atoms with Gasteiger partial charge in [-0.05, 0) is 43.2 Å². The van der Waals surface area contributed by atoms with Crippen molar-refractivity contribution >= 4 is 15.8 Å². The highest BCUT2D eigenvalue weighted by Gasteiger charge is 2.21. The number of para-hydroxylation sites is 1. The lowest BCUT2D eigenvalue weighted by atomic mass is 10.1. The second-order valence-electron chi connectivity index (χ2n) is 6.71. The molecule has 0 amide bonds. The first-order valence-corrected chi connectivity index (χ1v) is 10.5. The van der Waals surface area contributed by atoms with Gasteiger partial charge in [-0.3, -0.25) is 4.90 Å². The molecule has 1 aliphatic rings. The molecule has 6 heteroatoms. The van der Waals surface area contributed by atoms with Crippen molar-refractivity contribution in [3.8, 4) is 5.75 Å². The van der Waals surface area contributed by atoms with Crippen molar-refractivity contribution in [3.05, 3.63) is 59.7 Å². The van der Waals surface area contributed by atoms with Crippen LogP contribution in [0.25, 0.3) is 0 Å². The zero-order valence-corrected chi connectivity index (χ0v) is 16.2. The Morgan fingerprint density at radius 1 is 0.923 bits per heavy atom. The summed E-state index contributed by atoms with van der Waals surface area (Å²) in [6.07, 6.45) is 0. The van der Waals surface area contributed by atoms with E-state index in [0.717, 1.165) is 26.2 Å². The maximum Gasteiger partial charge on any atom is 0.310 e. The van der Waals surface area contributed by atoms with E-state index in [-0.39, 0.29) is 5.75 Å². The Morgan fingerprint density at radius 3 is 2.31 bits per heavy atom. The summed E-state index contributed by atoms with van der Waals surface area (Å²) in [5, 5.41) is 0. The van der Waals surface area contributed by atoms with Crippen LogP contribution in [0.5, 0.6) is 5.75 Å². The highest BCUT2D eigenvalue weighted by Crippen LogP contribution is 2.23. The van der Waals surface area contributed by atoms with Crippen LogP contribution in [0.4, 0.5) is 5.69 Å². The predicted molar refractivity (Wildman–Crippen MR) is 105 cm³/mol. The van der Waals surface area contributed by atoms with Gasteiger partial charge in [0.1, 0.15) is 5.75 Å². The van der Waals surface area contributed by atoms with E-state index >= 15 is 0 Å². The Bertz CT molecular complexity index is 829. The highest BCUT2D eigenvalue weighted by atomic mass is 32.2. The summed E-state index contributed by atoms with van der Waals surface area (Å²) in [7, 11) is -3.57. The molecule has 0 N–H and O–H groups in total. The topological polar surface area (TPSA) is 49.9 Å². The van der Waals surface area contributed by atoms with Crippen molar-refractivity contribution in [1.29, 1.82) is 0 Å². The van der Waals surface area contributed by atoms with Gasteiger partial charge in [0.2, 0.25) is 0 Å². The van der Waals surface area contributed by atoms with E-state index in [0.29, 0.717) is 12.3 Å². The number of hydrogen-bond acceptors (Lipinski definition) is 5. The molecular weight excluding hydrogens is 348 g/mol. The van der Waals surface area contributed by atoms with E-state index in [1.165, 1.54) is 16.8 Å². The predicted octanol–water partition coefficient (Wildman–Crippen LogP) is 2.83. The minimum Gasteiger partial charge on any atom is -0.382 e. The van der Waals surface area contributed by atoms with E-state index in [9.17, 15) is 8.42 Å². The van der Waals surface area contributed by atoms with Gasteiger partial charge in [-0.2, -0.15) is 8.42 Å². The van der Waals surface area contributed by atoms with E-state index in [2.05, 4.69) is 41.8 Å². The molecule has 140 valence electrons. The smallest absolute Gasteiger partial charge is 0.310 e. The fourth-order valence-corrected chi connectivity index (χ4v) is 4.17. The quantitative estimate of drug-likeness (QED) is 0.728. The summed E-state index contributed by atoms with van der Waals surface area (Å²) in [4.78, 5) is 4.57. The molecule has 0 saturated carbocycles. The molecular formula is C20H26N2O3S. The van der Waals surface area contributed by atoms with E-state index in [1.54, 1.807) is 24.3 Å². The number of nitrogens with zero attached hydrogens (tertiary/aromatic N) is 2. The molecule has 0 spiro atoms. The van der Waals surface area contributed by atoms with Gasteiger partial charge in [-0.1, -0.05) is 30.3 Å². The third kappa shape index (κ3) is 4.77. The second-order valence-corrected chi connectivity index (χ2v) is 8.40. The van der Waals surface area contributed by atoms with Crippen molar-refractivity contribution in [2.45, 2.75) is 13.8 Å². The fourth-order valence-electron chi connectivity index (χ4n) is 3.20. The summed E-state index contributed by atoms with van der Waals surface area (Å²) in [6, 6.07) is 15.0. The third-order valence-electron chi connectivity index (χ3n) is 4.91. The summed E-state index contributed by atoms with van der Waals surface area (Å²) < 4.78 is 29.4. The van der Waals surface area contributed by atoms with Crippen LogP contribution in [0.15, 0.2) is 48.5 Å². The first-order valence-electron chi connectivity index (χ1n) is 8.95. The lowest BCUT2D eigenvalue weighted by Crippen LogP contribution is -2.48. The SMILES string of the molecule is Cc1cccc(N2CCN(CCS(=O)(=O)Oc3ccccc3)CC2)c1C. The van der Waals surface area contributed by atoms with Crippen molar-refractivity contribution < 1.29 is 12.6 Å². The van der Waals surface area contributed by atoms with Crippen LogP contribution in [0, 0.1) is 13.8 Å². The molecule has 1 heterocycles. The summed E-state index contributed by atoms with van der Waals surface area (Å²) >= 11 is 0. The van der Waals surface area contributed by atoms with Crippen LogP contribution in [-0.2, 0) is 10.1 Å². The minimum absolute atomic E-state index is 0.00532. The third-order valence-corrected chi connectivity index (χ3v) is 6.04. The number of piperazine rings is 1.